The number of hydrogen-bond acceptors (Lipinski definition) is 6. The predicted molar refractivity (Wildman–Crippen MR) is 144 cm³/mol. The maximum absolute atomic E-state index is 16.3. The molecule has 1 saturated carbocycles. The maximum atomic E-state index is 16.3. The van der Waals surface area contributed by atoms with Crippen LogP contribution in [0.5, 0.6) is 5.75 Å². The molecule has 1 amide bonds. The number of aromatic carboxylic acids is 1. The summed E-state index contributed by atoms with van der Waals surface area (Å²) >= 11 is 0. The van der Waals surface area contributed by atoms with Gasteiger partial charge in [0.1, 0.15) is 28.4 Å². The van der Waals surface area contributed by atoms with Gasteiger partial charge in [0, 0.05) is 36.8 Å². The van der Waals surface area contributed by atoms with Gasteiger partial charge in [-0.2, -0.15) is 0 Å². The van der Waals surface area contributed by atoms with Crippen molar-refractivity contribution in [1.29, 1.82) is 0 Å². The molecule has 40 heavy (non-hydrogen) atoms. The number of carboxylic acid groups (broad SMARTS) is 1. The second kappa shape index (κ2) is 10.1. The summed E-state index contributed by atoms with van der Waals surface area (Å²) in [5.74, 6) is -3.26. The van der Waals surface area contributed by atoms with Crippen molar-refractivity contribution >= 4 is 28.7 Å². The van der Waals surface area contributed by atoms with E-state index in [0.29, 0.717) is 18.6 Å². The smallest absolute Gasteiger partial charge is 0.407 e. The lowest BCUT2D eigenvalue weighted by molar-refractivity contribution is 0.0504. The summed E-state index contributed by atoms with van der Waals surface area (Å²) in [6, 6.07) is 7.36. The number of amides is 1. The van der Waals surface area contributed by atoms with E-state index in [1.165, 1.54) is 16.6 Å². The van der Waals surface area contributed by atoms with Crippen LogP contribution in [0.2, 0.25) is 0 Å². The molecular weight excluding hydrogens is 524 g/mol. The fraction of sp³-hybridized carbons (Fsp3) is 0.414. The normalized spacial score (nSPS) is 19.1. The molecule has 0 unspecified atom stereocenters. The van der Waals surface area contributed by atoms with E-state index in [-0.39, 0.29) is 35.7 Å². The Morgan fingerprint density at radius 1 is 1.12 bits per heavy atom. The van der Waals surface area contributed by atoms with Gasteiger partial charge in [0.15, 0.2) is 5.82 Å². The van der Waals surface area contributed by atoms with Crippen molar-refractivity contribution in [2.24, 2.45) is 0 Å². The number of methoxy groups -OCH3 is 1. The number of halogens is 2. The highest BCUT2D eigenvalue weighted by Crippen LogP contribution is 2.42. The molecule has 212 valence electrons. The molecule has 0 spiro atoms. The van der Waals surface area contributed by atoms with Gasteiger partial charge in [0.25, 0.3) is 0 Å². The van der Waals surface area contributed by atoms with E-state index >= 15 is 8.78 Å². The average Bonchev–Trinajstić information content (AvgIpc) is 3.64. The van der Waals surface area contributed by atoms with Crippen molar-refractivity contribution < 1.29 is 33.0 Å². The number of carbonyl (C=O) groups is 2. The summed E-state index contributed by atoms with van der Waals surface area (Å²) in [7, 11) is 1.52. The van der Waals surface area contributed by atoms with Crippen molar-refractivity contribution in [3.63, 3.8) is 0 Å². The molecule has 2 fully saturated rings. The van der Waals surface area contributed by atoms with Crippen LogP contribution in [0, 0.1) is 11.6 Å². The summed E-state index contributed by atoms with van der Waals surface area (Å²) in [5, 5.41) is 12.0. The monoisotopic (exact) mass is 555 g/mol. The fourth-order valence-corrected chi connectivity index (χ4v) is 5.39. The van der Waals surface area contributed by atoms with Gasteiger partial charge in [0.2, 0.25) is 5.43 Å². The Morgan fingerprint density at radius 2 is 1.82 bits per heavy atom. The number of nitrogens with zero attached hydrogens (tertiary/aromatic N) is 2. The highest BCUT2D eigenvalue weighted by molar-refractivity contribution is 5.94. The van der Waals surface area contributed by atoms with Crippen LogP contribution in [-0.2, 0) is 4.74 Å². The zero-order valence-electron chi connectivity index (χ0n) is 22.7. The van der Waals surface area contributed by atoms with Crippen LogP contribution in [0.25, 0.3) is 10.9 Å². The van der Waals surface area contributed by atoms with E-state index in [1.807, 2.05) is 12.1 Å². The van der Waals surface area contributed by atoms with Crippen molar-refractivity contribution in [1.82, 2.24) is 9.88 Å². The van der Waals surface area contributed by atoms with Gasteiger partial charge in [-0.05, 0) is 45.7 Å². The predicted octanol–water partition coefficient (Wildman–Crippen LogP) is 4.82. The average molecular weight is 556 g/mol. The number of rotatable bonds is 6. The summed E-state index contributed by atoms with van der Waals surface area (Å²) in [6.07, 6.45) is 1.85. The lowest BCUT2D eigenvalue weighted by atomic mass is 9.93. The number of aromatic nitrogens is 1. The third-order valence-electron chi connectivity index (χ3n) is 7.23. The van der Waals surface area contributed by atoms with Gasteiger partial charge in [-0.15, -0.1) is 0 Å². The number of carbonyl (C=O) groups excluding carboxylic acids is 1. The van der Waals surface area contributed by atoms with Gasteiger partial charge >= 0.3 is 12.1 Å². The molecule has 9 nitrogen and oxygen atoms in total. The van der Waals surface area contributed by atoms with Crippen molar-refractivity contribution in [3.05, 3.63) is 69.5 Å². The quantitative estimate of drug-likeness (QED) is 0.449. The maximum Gasteiger partial charge on any atom is 0.407 e. The number of pyridine rings is 1. The van der Waals surface area contributed by atoms with Crippen molar-refractivity contribution in [3.8, 4) is 5.75 Å². The van der Waals surface area contributed by atoms with E-state index in [2.05, 4.69) is 5.32 Å². The van der Waals surface area contributed by atoms with Crippen LogP contribution in [0.3, 0.4) is 0 Å². The Morgan fingerprint density at radius 3 is 2.45 bits per heavy atom. The Labute approximate surface area is 229 Å². The van der Waals surface area contributed by atoms with Crippen LogP contribution in [-0.4, -0.2) is 53.6 Å². The topological polar surface area (TPSA) is 110 Å². The minimum Gasteiger partial charge on any atom is -0.496 e. The first kappa shape index (κ1) is 27.4. The number of para-hydroxylation sites is 1. The number of nitrogens with one attached hydrogen (secondary N) is 1. The molecule has 2 aromatic carbocycles. The Hall–Kier alpha value is -4.15. The molecule has 11 heteroatoms. The van der Waals surface area contributed by atoms with Crippen LogP contribution in [0.1, 0.15) is 61.5 Å². The first-order chi connectivity index (χ1) is 18.9. The molecular formula is C29H31F2N3O6. The molecule has 2 aliphatic rings. The Bertz CT molecular complexity index is 1560. The zero-order chi connectivity index (χ0) is 28.9. The molecule has 1 aromatic heterocycles. The summed E-state index contributed by atoms with van der Waals surface area (Å²) in [5.41, 5.74) is -1.97. The van der Waals surface area contributed by atoms with Gasteiger partial charge in [-0.1, -0.05) is 18.2 Å². The largest absolute Gasteiger partial charge is 0.496 e. The van der Waals surface area contributed by atoms with Gasteiger partial charge in [0.05, 0.1) is 24.1 Å². The number of ether oxygens (including phenoxy) is 2. The van der Waals surface area contributed by atoms with Crippen LogP contribution in [0.4, 0.5) is 19.3 Å². The second-order valence-electron chi connectivity index (χ2n) is 11.2. The molecule has 0 radical (unpaired) electrons. The number of benzene rings is 2. The van der Waals surface area contributed by atoms with E-state index in [4.69, 9.17) is 9.47 Å². The summed E-state index contributed by atoms with van der Waals surface area (Å²) in [6.45, 7) is 5.38. The SMILES string of the molecule is COc1ccccc1[C@@H]1CN(c2c(F)cc3c(=O)c(C(=O)O)cn(C4CC4)c3c2F)C[C@H]1NC(=O)OC(C)(C)C. The number of hydrogen-bond donors (Lipinski definition) is 2. The first-order valence-corrected chi connectivity index (χ1v) is 13.1. The second-order valence-corrected chi connectivity index (χ2v) is 11.2. The van der Waals surface area contributed by atoms with Crippen LogP contribution >= 0.6 is 0 Å². The van der Waals surface area contributed by atoms with E-state index in [0.717, 1.165) is 17.8 Å². The van der Waals surface area contributed by atoms with Crippen LogP contribution in [0.15, 0.2) is 41.3 Å². The Balaban J connectivity index is 1.61. The van der Waals surface area contributed by atoms with Crippen molar-refractivity contribution in [2.45, 2.75) is 57.2 Å². The van der Waals surface area contributed by atoms with Gasteiger partial charge in [-0.3, -0.25) is 4.79 Å². The van der Waals surface area contributed by atoms with E-state index < -0.39 is 52.3 Å². The van der Waals surface area contributed by atoms with E-state index in [9.17, 15) is 19.5 Å². The lowest BCUT2D eigenvalue weighted by Crippen LogP contribution is -2.42. The molecule has 2 atom stereocenters. The fourth-order valence-electron chi connectivity index (χ4n) is 5.39. The highest BCUT2D eigenvalue weighted by atomic mass is 19.1. The molecule has 1 aliphatic heterocycles. The standard InChI is InChI=1S/C29H31F2N3O6/c1-29(2,3)40-28(38)32-21-14-33(12-18(21)16-7-5-6-8-22(16)39-4)25-20(30)11-17-24(23(25)31)34(15-9-10-15)13-19(26(17)35)27(36)37/h5-8,11,13,15,18,21H,9-10,12,14H2,1-4H3,(H,32,38)(H,36,37)/t18-,21+/m0/s1. The molecule has 3 aromatic rings. The minimum atomic E-state index is -1.46. The summed E-state index contributed by atoms with van der Waals surface area (Å²) in [4.78, 5) is 38.8. The van der Waals surface area contributed by atoms with E-state index in [1.54, 1.807) is 32.9 Å². The minimum absolute atomic E-state index is 0.0438. The molecule has 1 aliphatic carbocycles. The van der Waals surface area contributed by atoms with Crippen LogP contribution < -0.4 is 20.4 Å². The number of fused-ring (bicyclic) bond motifs is 1. The number of anilines is 1. The number of carboxylic acids is 1. The number of alkyl carbamates (subject to hydrolysis) is 1. The molecule has 2 N–H and O–H groups in total. The van der Waals surface area contributed by atoms with Gasteiger partial charge in [-0.25, -0.2) is 18.4 Å². The molecule has 0 bridgehead atoms. The molecule has 5 rings (SSSR count). The third-order valence-corrected chi connectivity index (χ3v) is 7.23. The van der Waals surface area contributed by atoms with Crippen molar-refractivity contribution in [2.75, 3.05) is 25.1 Å². The molecule has 1 saturated heterocycles. The van der Waals surface area contributed by atoms with Gasteiger partial charge < -0.3 is 29.4 Å². The Kier molecular flexibility index (Phi) is 6.93. The first-order valence-electron chi connectivity index (χ1n) is 13.1. The zero-order valence-corrected chi connectivity index (χ0v) is 22.7. The molecule has 2 heterocycles. The third kappa shape index (κ3) is 5.07. The summed E-state index contributed by atoms with van der Waals surface area (Å²) < 4.78 is 44.4. The lowest BCUT2D eigenvalue weighted by Gasteiger charge is -2.25. The highest BCUT2D eigenvalue weighted by Gasteiger charge is 2.40.